The van der Waals surface area contributed by atoms with Crippen molar-refractivity contribution in [2.24, 2.45) is 0 Å². The van der Waals surface area contributed by atoms with Gasteiger partial charge < -0.3 is 24.8 Å². The Balaban J connectivity index is 1.49. The molecule has 0 amide bonds. The van der Waals surface area contributed by atoms with Crippen LogP contribution in [0.4, 0.5) is 0 Å². The van der Waals surface area contributed by atoms with Crippen LogP contribution < -0.4 is 14.8 Å². The number of likely N-dealkylation sites (tertiary alicyclic amines) is 1. The molecule has 1 saturated carbocycles. The van der Waals surface area contributed by atoms with Crippen LogP contribution in [0.1, 0.15) is 63.4 Å². The van der Waals surface area contributed by atoms with Gasteiger partial charge in [-0.3, -0.25) is 0 Å². The van der Waals surface area contributed by atoms with Gasteiger partial charge >= 0.3 is 0 Å². The largest absolute Gasteiger partial charge is 0.493 e. The fourth-order valence-corrected chi connectivity index (χ4v) is 4.37. The average Bonchev–Trinajstić information content (AvgIpc) is 3.20. The third-order valence-corrected chi connectivity index (χ3v) is 6.03. The minimum Gasteiger partial charge on any atom is -0.493 e. The molecule has 28 heavy (non-hydrogen) atoms. The molecule has 1 aliphatic carbocycles. The first-order valence-corrected chi connectivity index (χ1v) is 11.2. The Morgan fingerprint density at radius 3 is 2.46 bits per heavy atom. The van der Waals surface area contributed by atoms with E-state index in [9.17, 15) is 5.11 Å². The van der Waals surface area contributed by atoms with Gasteiger partial charge in [-0.25, -0.2) is 0 Å². The molecule has 2 fully saturated rings. The highest BCUT2D eigenvalue weighted by molar-refractivity contribution is 5.43. The Morgan fingerprint density at radius 1 is 1.04 bits per heavy atom. The van der Waals surface area contributed by atoms with Gasteiger partial charge in [0, 0.05) is 19.1 Å². The summed E-state index contributed by atoms with van der Waals surface area (Å²) in [5.74, 6) is 1.45. The second-order valence-electron chi connectivity index (χ2n) is 8.38. The van der Waals surface area contributed by atoms with Crippen molar-refractivity contribution in [3.8, 4) is 11.5 Å². The van der Waals surface area contributed by atoms with Crippen molar-refractivity contribution in [1.29, 1.82) is 0 Å². The maximum absolute atomic E-state index is 10.5. The van der Waals surface area contributed by atoms with Crippen LogP contribution in [-0.2, 0) is 6.54 Å². The molecule has 1 atom stereocenters. The fourth-order valence-electron chi connectivity index (χ4n) is 4.37. The lowest BCUT2D eigenvalue weighted by molar-refractivity contribution is 0.0644. The minimum atomic E-state index is -0.482. The molecule has 0 spiro atoms. The molecule has 1 saturated heterocycles. The predicted molar refractivity (Wildman–Crippen MR) is 113 cm³/mol. The smallest absolute Gasteiger partial charge is 0.161 e. The van der Waals surface area contributed by atoms with E-state index in [0.717, 1.165) is 31.1 Å². The van der Waals surface area contributed by atoms with E-state index in [1.54, 1.807) is 7.11 Å². The van der Waals surface area contributed by atoms with E-state index in [0.29, 0.717) is 19.2 Å². The number of methoxy groups -OCH3 is 1. The molecule has 0 bridgehead atoms. The van der Waals surface area contributed by atoms with E-state index in [-0.39, 0.29) is 0 Å². The molecule has 0 aromatic heterocycles. The summed E-state index contributed by atoms with van der Waals surface area (Å²) in [5.41, 5.74) is 1.20. The number of nitrogens with one attached hydrogen (secondary N) is 1. The fraction of sp³-hybridized carbons (Fsp3) is 0.739. The maximum Gasteiger partial charge on any atom is 0.161 e. The second-order valence-corrected chi connectivity index (χ2v) is 8.38. The van der Waals surface area contributed by atoms with Crippen LogP contribution in [0.2, 0.25) is 0 Å². The first-order valence-electron chi connectivity index (χ1n) is 11.2. The molecule has 5 heteroatoms. The van der Waals surface area contributed by atoms with Gasteiger partial charge in [-0.15, -0.1) is 0 Å². The molecule has 158 valence electrons. The van der Waals surface area contributed by atoms with Crippen LogP contribution in [0.15, 0.2) is 18.2 Å². The molecule has 5 nitrogen and oxygen atoms in total. The first kappa shape index (κ1) is 21.4. The number of rotatable bonds is 9. The number of aliphatic hydroxyl groups is 1. The molecule has 0 unspecified atom stereocenters. The monoisotopic (exact) mass is 390 g/mol. The minimum absolute atomic E-state index is 0.298. The van der Waals surface area contributed by atoms with Gasteiger partial charge in [0.2, 0.25) is 0 Å². The number of hydrogen-bond acceptors (Lipinski definition) is 5. The molecule has 1 aliphatic heterocycles. The zero-order valence-corrected chi connectivity index (χ0v) is 17.5. The third kappa shape index (κ3) is 6.94. The predicted octanol–water partition coefficient (Wildman–Crippen LogP) is 3.73. The van der Waals surface area contributed by atoms with Crippen molar-refractivity contribution in [2.45, 2.75) is 76.5 Å². The second kappa shape index (κ2) is 11.6. The number of benzene rings is 1. The summed E-state index contributed by atoms with van der Waals surface area (Å²) in [6, 6.07) is 6.74. The topological polar surface area (TPSA) is 54.0 Å². The molecule has 2 N–H and O–H groups in total. The maximum atomic E-state index is 10.5. The molecule has 1 heterocycles. The van der Waals surface area contributed by atoms with E-state index in [1.807, 2.05) is 12.1 Å². The van der Waals surface area contributed by atoms with Gasteiger partial charge in [-0.1, -0.05) is 38.2 Å². The van der Waals surface area contributed by atoms with Crippen molar-refractivity contribution in [3.05, 3.63) is 23.8 Å². The van der Waals surface area contributed by atoms with Gasteiger partial charge in [0.05, 0.1) is 7.11 Å². The lowest BCUT2D eigenvalue weighted by atomic mass is 10.1. The van der Waals surface area contributed by atoms with E-state index >= 15 is 0 Å². The molecular weight excluding hydrogens is 352 g/mol. The SMILES string of the molecule is COc1ccc(CNC2CCCC2)cc1OC[C@H](O)CN1CCCCCCC1. The normalized spacial score (nSPS) is 20.5. The van der Waals surface area contributed by atoms with Gasteiger partial charge in [0.25, 0.3) is 0 Å². The van der Waals surface area contributed by atoms with Crippen LogP contribution in [-0.4, -0.2) is 55.5 Å². The zero-order chi connectivity index (χ0) is 19.6. The molecular formula is C23H38N2O3. The number of aliphatic hydroxyl groups excluding tert-OH is 1. The summed E-state index contributed by atoms with van der Waals surface area (Å²) in [7, 11) is 1.66. The highest BCUT2D eigenvalue weighted by Crippen LogP contribution is 2.28. The van der Waals surface area contributed by atoms with Crippen molar-refractivity contribution >= 4 is 0 Å². The molecule has 1 aromatic rings. The van der Waals surface area contributed by atoms with E-state index < -0.39 is 6.10 Å². The van der Waals surface area contributed by atoms with E-state index in [4.69, 9.17) is 9.47 Å². The Labute approximate surface area is 170 Å². The molecule has 1 aromatic carbocycles. The Bertz CT molecular complexity index is 567. The number of hydrogen-bond donors (Lipinski definition) is 2. The summed E-state index contributed by atoms with van der Waals surface area (Å²) >= 11 is 0. The van der Waals surface area contributed by atoms with E-state index in [1.165, 1.54) is 63.4 Å². The number of β-amino-alcohol motifs (C(OH)–C–C–N with tert-alkyl or cyclic N) is 1. The third-order valence-electron chi connectivity index (χ3n) is 6.03. The van der Waals surface area contributed by atoms with Gasteiger partial charge in [-0.05, 0) is 56.5 Å². The molecule has 3 rings (SSSR count). The highest BCUT2D eigenvalue weighted by Gasteiger charge is 2.16. The molecule has 0 radical (unpaired) electrons. The summed E-state index contributed by atoms with van der Waals surface area (Å²) in [6.45, 7) is 4.00. The first-order chi connectivity index (χ1) is 13.7. The zero-order valence-electron chi connectivity index (χ0n) is 17.5. The number of nitrogens with zero attached hydrogens (tertiary/aromatic N) is 1. The van der Waals surface area contributed by atoms with Crippen LogP contribution in [0.5, 0.6) is 11.5 Å². The molecule has 2 aliphatic rings. The standard InChI is InChI=1S/C23H38N2O3/c1-27-22-12-11-19(16-24-20-9-5-6-10-20)15-23(22)28-18-21(26)17-25-13-7-3-2-4-8-14-25/h11-12,15,20-21,24,26H,2-10,13-14,16-18H2,1H3/t21-/m1/s1. The van der Waals surface area contributed by atoms with Gasteiger partial charge in [0.1, 0.15) is 12.7 Å². The summed E-state index contributed by atoms with van der Waals surface area (Å²) in [4.78, 5) is 2.38. The highest BCUT2D eigenvalue weighted by atomic mass is 16.5. The Kier molecular flexibility index (Phi) is 8.90. The van der Waals surface area contributed by atoms with Crippen LogP contribution in [0.3, 0.4) is 0 Å². The summed E-state index contributed by atoms with van der Waals surface area (Å²) in [6.07, 6.45) is 11.2. The van der Waals surface area contributed by atoms with Crippen molar-refractivity contribution in [1.82, 2.24) is 10.2 Å². The van der Waals surface area contributed by atoms with Crippen LogP contribution >= 0.6 is 0 Å². The van der Waals surface area contributed by atoms with Gasteiger partial charge in [0.15, 0.2) is 11.5 Å². The van der Waals surface area contributed by atoms with Crippen molar-refractivity contribution in [3.63, 3.8) is 0 Å². The lowest BCUT2D eigenvalue weighted by Crippen LogP contribution is -2.37. The summed E-state index contributed by atoms with van der Waals surface area (Å²) in [5, 5.41) is 14.1. The summed E-state index contributed by atoms with van der Waals surface area (Å²) < 4.78 is 11.4. The number of ether oxygens (including phenoxy) is 2. The average molecular weight is 391 g/mol. The lowest BCUT2D eigenvalue weighted by Gasteiger charge is -2.26. The van der Waals surface area contributed by atoms with E-state index in [2.05, 4.69) is 16.3 Å². The van der Waals surface area contributed by atoms with Crippen molar-refractivity contribution in [2.75, 3.05) is 33.4 Å². The van der Waals surface area contributed by atoms with Gasteiger partial charge in [-0.2, -0.15) is 0 Å². The van der Waals surface area contributed by atoms with Crippen molar-refractivity contribution < 1.29 is 14.6 Å². The Morgan fingerprint density at radius 2 is 1.75 bits per heavy atom. The quantitative estimate of drug-likeness (QED) is 0.673. The Hall–Kier alpha value is -1.30. The van der Waals surface area contributed by atoms with Crippen LogP contribution in [0.25, 0.3) is 0 Å². The van der Waals surface area contributed by atoms with Crippen LogP contribution in [0, 0.1) is 0 Å².